The van der Waals surface area contributed by atoms with Gasteiger partial charge in [-0.2, -0.15) is 13.2 Å². The molecule has 34 heavy (non-hydrogen) atoms. The quantitative estimate of drug-likeness (QED) is 0.457. The van der Waals surface area contributed by atoms with Crippen LogP contribution in [0.3, 0.4) is 0 Å². The number of halogens is 3. The minimum absolute atomic E-state index is 0.0945. The molecule has 1 aromatic carbocycles. The van der Waals surface area contributed by atoms with E-state index in [0.29, 0.717) is 22.7 Å². The number of carbonyl (C=O) groups is 1. The standard InChI is InChI=1S/C24H21F3N6O/c1-14-11-17-12-16(7-8-19(17)32-21(14)28)23(34)33(15(2)22-29-9-4-10-30-22)13-18-5-3-6-20(31-18)24(25,26)27/h3-12,15H,13H2,1-2H3,(H2,28,32)/t15-/m1/s1. The Morgan fingerprint density at radius 1 is 1.06 bits per heavy atom. The van der Waals surface area contributed by atoms with Crippen LogP contribution in [0, 0.1) is 6.92 Å². The van der Waals surface area contributed by atoms with E-state index in [1.165, 1.54) is 17.0 Å². The Hall–Kier alpha value is -4.08. The van der Waals surface area contributed by atoms with Gasteiger partial charge >= 0.3 is 6.18 Å². The van der Waals surface area contributed by atoms with Crippen molar-refractivity contribution in [2.75, 3.05) is 5.73 Å². The average Bonchev–Trinajstić information content (AvgIpc) is 2.82. The molecule has 0 aliphatic rings. The van der Waals surface area contributed by atoms with E-state index in [4.69, 9.17) is 5.73 Å². The molecule has 0 aliphatic heterocycles. The molecule has 0 unspecified atom stereocenters. The van der Waals surface area contributed by atoms with Gasteiger partial charge in [-0.1, -0.05) is 6.07 Å². The number of fused-ring (bicyclic) bond motifs is 1. The molecule has 3 aromatic heterocycles. The monoisotopic (exact) mass is 466 g/mol. The number of alkyl halides is 3. The van der Waals surface area contributed by atoms with Gasteiger partial charge in [-0.3, -0.25) is 4.79 Å². The predicted octanol–water partition coefficient (Wildman–Crippen LogP) is 4.73. The molecule has 7 nitrogen and oxygen atoms in total. The van der Waals surface area contributed by atoms with Gasteiger partial charge in [-0.05, 0) is 61.9 Å². The molecule has 0 fully saturated rings. The minimum atomic E-state index is -4.59. The molecule has 4 rings (SSSR count). The Morgan fingerprint density at radius 2 is 1.79 bits per heavy atom. The van der Waals surface area contributed by atoms with Gasteiger partial charge in [0.2, 0.25) is 0 Å². The maximum atomic E-state index is 13.6. The lowest BCUT2D eigenvalue weighted by Crippen LogP contribution is -2.34. The summed E-state index contributed by atoms with van der Waals surface area (Å²) in [6.45, 7) is 3.37. The van der Waals surface area contributed by atoms with E-state index >= 15 is 0 Å². The summed E-state index contributed by atoms with van der Waals surface area (Å²) < 4.78 is 39.6. The Kier molecular flexibility index (Phi) is 6.14. The van der Waals surface area contributed by atoms with Crippen LogP contribution in [0.1, 0.15) is 46.1 Å². The van der Waals surface area contributed by atoms with E-state index in [9.17, 15) is 18.0 Å². The molecule has 0 spiro atoms. The number of amides is 1. The van der Waals surface area contributed by atoms with Crippen molar-refractivity contribution in [1.29, 1.82) is 0 Å². The Morgan fingerprint density at radius 3 is 2.50 bits per heavy atom. The van der Waals surface area contributed by atoms with Crippen LogP contribution in [0.15, 0.2) is 60.9 Å². The summed E-state index contributed by atoms with van der Waals surface area (Å²) in [6.07, 6.45) is -1.51. The second kappa shape index (κ2) is 9.05. The molecule has 174 valence electrons. The number of hydrogen-bond donors (Lipinski definition) is 1. The normalized spacial score (nSPS) is 12.5. The summed E-state index contributed by atoms with van der Waals surface area (Å²) in [5, 5.41) is 0.721. The third kappa shape index (κ3) is 4.80. The summed E-state index contributed by atoms with van der Waals surface area (Å²) in [5.74, 6) is 0.350. The Balaban J connectivity index is 1.74. The van der Waals surface area contributed by atoms with Crippen molar-refractivity contribution in [3.05, 3.63) is 89.3 Å². The number of anilines is 1. The number of carbonyl (C=O) groups excluding carboxylic acids is 1. The van der Waals surface area contributed by atoms with Crippen LogP contribution in [0.25, 0.3) is 10.9 Å². The van der Waals surface area contributed by atoms with Gasteiger partial charge in [-0.15, -0.1) is 0 Å². The Bertz CT molecular complexity index is 1340. The summed E-state index contributed by atoms with van der Waals surface area (Å²) >= 11 is 0. The van der Waals surface area contributed by atoms with E-state index in [0.717, 1.165) is 17.0 Å². The van der Waals surface area contributed by atoms with E-state index in [1.807, 2.05) is 13.0 Å². The van der Waals surface area contributed by atoms with Gasteiger partial charge in [0.05, 0.1) is 23.8 Å². The van der Waals surface area contributed by atoms with Gasteiger partial charge < -0.3 is 10.6 Å². The first-order valence-electron chi connectivity index (χ1n) is 10.4. The highest BCUT2D eigenvalue weighted by Gasteiger charge is 2.33. The van der Waals surface area contributed by atoms with Crippen molar-refractivity contribution in [2.45, 2.75) is 32.6 Å². The maximum Gasteiger partial charge on any atom is 0.433 e. The molecule has 3 heterocycles. The molecule has 0 saturated carbocycles. The lowest BCUT2D eigenvalue weighted by Gasteiger charge is -2.28. The number of nitrogens with zero attached hydrogens (tertiary/aromatic N) is 5. The maximum absolute atomic E-state index is 13.6. The Labute approximate surface area is 193 Å². The van der Waals surface area contributed by atoms with Crippen molar-refractivity contribution in [3.63, 3.8) is 0 Å². The van der Waals surface area contributed by atoms with Crippen LogP contribution in [0.5, 0.6) is 0 Å². The molecule has 2 N–H and O–H groups in total. The molecule has 1 amide bonds. The van der Waals surface area contributed by atoms with Crippen LogP contribution in [-0.2, 0) is 12.7 Å². The highest BCUT2D eigenvalue weighted by atomic mass is 19.4. The fourth-order valence-corrected chi connectivity index (χ4v) is 3.55. The fraction of sp³-hybridized carbons (Fsp3) is 0.208. The lowest BCUT2D eigenvalue weighted by atomic mass is 10.1. The number of nitrogen functional groups attached to an aromatic ring is 1. The highest BCUT2D eigenvalue weighted by molar-refractivity contribution is 5.98. The van der Waals surface area contributed by atoms with Crippen LogP contribution >= 0.6 is 0 Å². The molecular weight excluding hydrogens is 445 g/mol. The first-order valence-corrected chi connectivity index (χ1v) is 10.4. The van der Waals surface area contributed by atoms with Gasteiger partial charge in [0.15, 0.2) is 0 Å². The smallest absolute Gasteiger partial charge is 0.383 e. The fourth-order valence-electron chi connectivity index (χ4n) is 3.55. The number of aromatic nitrogens is 4. The van der Waals surface area contributed by atoms with E-state index in [2.05, 4.69) is 19.9 Å². The van der Waals surface area contributed by atoms with Gasteiger partial charge in [-0.25, -0.2) is 19.9 Å². The van der Waals surface area contributed by atoms with Crippen LogP contribution in [-0.4, -0.2) is 30.7 Å². The van der Waals surface area contributed by atoms with E-state index < -0.39 is 23.8 Å². The van der Waals surface area contributed by atoms with Crippen LogP contribution in [0.2, 0.25) is 0 Å². The molecule has 0 saturated heterocycles. The second-order valence-electron chi connectivity index (χ2n) is 7.83. The van der Waals surface area contributed by atoms with Crippen molar-refractivity contribution in [2.24, 2.45) is 0 Å². The molecular formula is C24H21F3N6O. The van der Waals surface area contributed by atoms with Crippen molar-refractivity contribution in [3.8, 4) is 0 Å². The lowest BCUT2D eigenvalue weighted by molar-refractivity contribution is -0.141. The summed E-state index contributed by atoms with van der Waals surface area (Å²) in [5.41, 5.74) is 6.69. The summed E-state index contributed by atoms with van der Waals surface area (Å²) in [6, 6.07) is 11.4. The molecule has 0 aliphatic carbocycles. The average molecular weight is 466 g/mol. The van der Waals surface area contributed by atoms with Gasteiger partial charge in [0.25, 0.3) is 5.91 Å². The summed E-state index contributed by atoms with van der Waals surface area (Å²) in [7, 11) is 0. The number of rotatable bonds is 5. The van der Waals surface area contributed by atoms with Gasteiger partial charge in [0, 0.05) is 23.3 Å². The third-order valence-electron chi connectivity index (χ3n) is 5.41. The first-order chi connectivity index (χ1) is 16.1. The van der Waals surface area contributed by atoms with Crippen LogP contribution < -0.4 is 5.73 Å². The first kappa shape index (κ1) is 23.1. The summed E-state index contributed by atoms with van der Waals surface area (Å²) in [4.78, 5) is 31.5. The number of benzene rings is 1. The van der Waals surface area contributed by atoms with Crippen LogP contribution in [0.4, 0.5) is 19.0 Å². The second-order valence-corrected chi connectivity index (χ2v) is 7.83. The molecule has 1 atom stereocenters. The van der Waals surface area contributed by atoms with Crippen molar-refractivity contribution >= 4 is 22.6 Å². The minimum Gasteiger partial charge on any atom is -0.383 e. The zero-order valence-electron chi connectivity index (χ0n) is 18.4. The highest BCUT2D eigenvalue weighted by Crippen LogP contribution is 2.29. The third-order valence-corrected chi connectivity index (χ3v) is 5.41. The molecule has 10 heteroatoms. The molecule has 0 radical (unpaired) electrons. The van der Waals surface area contributed by atoms with Crippen molar-refractivity contribution in [1.82, 2.24) is 24.8 Å². The largest absolute Gasteiger partial charge is 0.433 e. The van der Waals surface area contributed by atoms with Crippen molar-refractivity contribution < 1.29 is 18.0 Å². The molecule has 0 bridgehead atoms. The number of hydrogen-bond acceptors (Lipinski definition) is 6. The van der Waals surface area contributed by atoms with E-state index in [1.54, 1.807) is 43.6 Å². The number of pyridine rings is 2. The molecule has 4 aromatic rings. The number of nitrogens with two attached hydrogens (primary N) is 1. The zero-order chi connectivity index (χ0) is 24.5. The van der Waals surface area contributed by atoms with E-state index in [-0.39, 0.29) is 12.2 Å². The topological polar surface area (TPSA) is 97.9 Å². The number of aryl methyl sites for hydroxylation is 1. The van der Waals surface area contributed by atoms with Gasteiger partial charge in [0.1, 0.15) is 17.3 Å². The zero-order valence-corrected chi connectivity index (χ0v) is 18.4. The predicted molar refractivity (Wildman–Crippen MR) is 120 cm³/mol. The SMILES string of the molecule is Cc1cc2cc(C(=O)N(Cc3cccc(C(F)(F)F)n3)[C@H](C)c3ncccn3)ccc2nc1N.